The Bertz CT molecular complexity index is 278. The number of hydrogen-bond donors (Lipinski definition) is 2. The van der Waals surface area contributed by atoms with E-state index in [1.165, 1.54) is 6.42 Å². The van der Waals surface area contributed by atoms with Gasteiger partial charge in [-0.15, -0.1) is 0 Å². The van der Waals surface area contributed by atoms with E-state index in [2.05, 4.69) is 4.90 Å². The van der Waals surface area contributed by atoms with Crippen LogP contribution >= 0.6 is 0 Å². The minimum absolute atomic E-state index is 0.411. The monoisotopic (exact) mass is 253 g/mol. The SMILES string of the molecule is CN(C(=N)N1CCCCC1)C(=N)N1CCOCC1. The van der Waals surface area contributed by atoms with Gasteiger partial charge in [0.1, 0.15) is 0 Å². The van der Waals surface area contributed by atoms with Crippen LogP contribution in [-0.2, 0) is 4.74 Å². The summed E-state index contributed by atoms with van der Waals surface area (Å²) in [5.41, 5.74) is 0. The molecule has 6 nitrogen and oxygen atoms in total. The maximum Gasteiger partial charge on any atom is 0.200 e. The molecule has 0 amide bonds. The first kappa shape index (κ1) is 13.1. The number of ether oxygens (including phenoxy) is 1. The van der Waals surface area contributed by atoms with Gasteiger partial charge in [0.25, 0.3) is 0 Å². The molecular weight excluding hydrogens is 230 g/mol. The minimum Gasteiger partial charge on any atom is -0.378 e. The van der Waals surface area contributed by atoms with Crippen LogP contribution in [0.2, 0.25) is 0 Å². The highest BCUT2D eigenvalue weighted by atomic mass is 16.5. The average molecular weight is 253 g/mol. The van der Waals surface area contributed by atoms with Gasteiger partial charge in [-0.3, -0.25) is 15.7 Å². The second kappa shape index (κ2) is 6.04. The summed E-state index contributed by atoms with van der Waals surface area (Å²) in [5, 5.41) is 16.4. The summed E-state index contributed by atoms with van der Waals surface area (Å²) in [6.07, 6.45) is 3.57. The van der Waals surface area contributed by atoms with Crippen molar-refractivity contribution in [2.45, 2.75) is 19.3 Å². The molecule has 0 saturated carbocycles. The summed E-state index contributed by atoms with van der Waals surface area (Å²) in [7, 11) is 1.81. The van der Waals surface area contributed by atoms with Crippen LogP contribution < -0.4 is 0 Å². The Labute approximate surface area is 109 Å². The van der Waals surface area contributed by atoms with Crippen molar-refractivity contribution in [2.75, 3.05) is 46.4 Å². The highest BCUT2D eigenvalue weighted by Gasteiger charge is 2.23. The standard InChI is InChI=1S/C12H23N5O/c1-15(11(13)16-5-3-2-4-6-16)12(14)17-7-9-18-10-8-17/h13-14H,2-10H2,1H3. The Morgan fingerprint density at radius 1 is 0.889 bits per heavy atom. The summed E-state index contributed by atoms with van der Waals surface area (Å²) in [6.45, 7) is 4.73. The lowest BCUT2D eigenvalue weighted by Crippen LogP contribution is -2.53. The molecule has 2 heterocycles. The number of rotatable bonds is 0. The highest BCUT2D eigenvalue weighted by molar-refractivity contribution is 5.95. The molecule has 2 aliphatic rings. The summed E-state index contributed by atoms with van der Waals surface area (Å²) < 4.78 is 5.29. The van der Waals surface area contributed by atoms with Gasteiger partial charge in [0, 0.05) is 33.2 Å². The summed E-state index contributed by atoms with van der Waals surface area (Å²) in [6, 6.07) is 0. The Balaban J connectivity index is 1.90. The second-order valence-electron chi connectivity index (χ2n) is 4.85. The number of piperidine rings is 1. The number of nitrogens with one attached hydrogen (secondary N) is 2. The topological polar surface area (TPSA) is 66.7 Å². The van der Waals surface area contributed by atoms with Gasteiger partial charge >= 0.3 is 0 Å². The molecular formula is C12H23N5O. The van der Waals surface area contributed by atoms with E-state index in [0.717, 1.165) is 39.0 Å². The van der Waals surface area contributed by atoms with Crippen molar-refractivity contribution < 1.29 is 4.74 Å². The Kier molecular flexibility index (Phi) is 4.41. The molecule has 102 valence electrons. The normalized spacial score (nSPS) is 20.7. The zero-order valence-corrected chi connectivity index (χ0v) is 11.1. The van der Waals surface area contributed by atoms with Crippen LogP contribution in [0.4, 0.5) is 0 Å². The van der Waals surface area contributed by atoms with Crippen LogP contribution in [0.25, 0.3) is 0 Å². The fourth-order valence-corrected chi connectivity index (χ4v) is 2.41. The average Bonchev–Trinajstić information content (AvgIpc) is 2.47. The van der Waals surface area contributed by atoms with E-state index in [0.29, 0.717) is 25.1 Å². The van der Waals surface area contributed by atoms with Crippen LogP contribution in [-0.4, -0.2) is 73.1 Å². The smallest absolute Gasteiger partial charge is 0.200 e. The van der Waals surface area contributed by atoms with E-state index >= 15 is 0 Å². The number of hydrogen-bond acceptors (Lipinski definition) is 3. The first-order chi connectivity index (χ1) is 8.70. The Morgan fingerprint density at radius 3 is 1.94 bits per heavy atom. The molecule has 0 atom stereocenters. The molecule has 0 bridgehead atoms. The van der Waals surface area contributed by atoms with Crippen LogP contribution in [0.5, 0.6) is 0 Å². The largest absolute Gasteiger partial charge is 0.378 e. The number of nitrogens with zero attached hydrogens (tertiary/aromatic N) is 3. The fraction of sp³-hybridized carbons (Fsp3) is 0.833. The maximum absolute atomic E-state index is 8.19. The number of morpholine rings is 1. The van der Waals surface area contributed by atoms with Gasteiger partial charge in [-0.1, -0.05) is 0 Å². The number of guanidine groups is 2. The van der Waals surface area contributed by atoms with Crippen LogP contribution in [0.3, 0.4) is 0 Å². The fourth-order valence-electron chi connectivity index (χ4n) is 2.41. The predicted molar refractivity (Wildman–Crippen MR) is 71.0 cm³/mol. The van der Waals surface area contributed by atoms with E-state index < -0.39 is 0 Å². The molecule has 0 radical (unpaired) electrons. The van der Waals surface area contributed by atoms with Crippen molar-refractivity contribution in [3.8, 4) is 0 Å². The van der Waals surface area contributed by atoms with Gasteiger partial charge < -0.3 is 14.5 Å². The molecule has 0 aromatic carbocycles. The zero-order valence-electron chi connectivity index (χ0n) is 11.1. The molecule has 0 aliphatic carbocycles. The van der Waals surface area contributed by atoms with Crippen molar-refractivity contribution in [2.24, 2.45) is 0 Å². The molecule has 0 unspecified atom stereocenters. The maximum atomic E-state index is 8.19. The molecule has 0 spiro atoms. The quantitative estimate of drug-likeness (QED) is 0.490. The Morgan fingerprint density at radius 2 is 1.39 bits per heavy atom. The van der Waals surface area contributed by atoms with E-state index in [9.17, 15) is 0 Å². The molecule has 0 aromatic rings. The predicted octanol–water partition coefficient (Wildman–Crippen LogP) is 0.606. The van der Waals surface area contributed by atoms with Crippen molar-refractivity contribution in [1.82, 2.24) is 14.7 Å². The lowest BCUT2D eigenvalue weighted by molar-refractivity contribution is 0.0639. The molecule has 2 saturated heterocycles. The summed E-state index contributed by atoms with van der Waals surface area (Å²) in [5.74, 6) is 0.861. The third-order valence-electron chi connectivity index (χ3n) is 3.60. The first-order valence-corrected chi connectivity index (χ1v) is 6.68. The molecule has 2 rings (SSSR count). The molecule has 2 aliphatic heterocycles. The summed E-state index contributed by atoms with van der Waals surface area (Å²) >= 11 is 0. The van der Waals surface area contributed by atoms with Crippen LogP contribution in [0.1, 0.15) is 19.3 Å². The van der Waals surface area contributed by atoms with Gasteiger partial charge in [-0.05, 0) is 19.3 Å². The molecule has 18 heavy (non-hydrogen) atoms. The summed E-state index contributed by atoms with van der Waals surface area (Å²) in [4.78, 5) is 5.72. The second-order valence-corrected chi connectivity index (χ2v) is 4.85. The van der Waals surface area contributed by atoms with E-state index in [1.807, 2.05) is 11.9 Å². The highest BCUT2D eigenvalue weighted by Crippen LogP contribution is 2.11. The lowest BCUT2D eigenvalue weighted by Gasteiger charge is -2.37. The lowest BCUT2D eigenvalue weighted by atomic mass is 10.1. The molecule has 2 N–H and O–H groups in total. The van der Waals surface area contributed by atoms with Crippen molar-refractivity contribution in [1.29, 1.82) is 10.8 Å². The first-order valence-electron chi connectivity index (χ1n) is 6.68. The van der Waals surface area contributed by atoms with Gasteiger partial charge in [0.2, 0.25) is 5.96 Å². The van der Waals surface area contributed by atoms with Gasteiger partial charge in [-0.25, -0.2) is 0 Å². The zero-order chi connectivity index (χ0) is 13.0. The van der Waals surface area contributed by atoms with Crippen molar-refractivity contribution >= 4 is 11.9 Å². The van der Waals surface area contributed by atoms with Crippen molar-refractivity contribution in [3.63, 3.8) is 0 Å². The van der Waals surface area contributed by atoms with E-state index in [-0.39, 0.29) is 0 Å². The minimum atomic E-state index is 0.411. The van der Waals surface area contributed by atoms with Crippen molar-refractivity contribution in [3.05, 3.63) is 0 Å². The molecule has 6 heteroatoms. The molecule has 0 aromatic heterocycles. The van der Waals surface area contributed by atoms with Crippen LogP contribution in [0.15, 0.2) is 0 Å². The van der Waals surface area contributed by atoms with Gasteiger partial charge in [0.05, 0.1) is 13.2 Å². The van der Waals surface area contributed by atoms with Crippen LogP contribution in [0, 0.1) is 10.8 Å². The Hall–Kier alpha value is -1.30. The third-order valence-corrected chi connectivity index (χ3v) is 3.60. The van der Waals surface area contributed by atoms with E-state index in [1.54, 1.807) is 4.90 Å². The number of likely N-dealkylation sites (tertiary alicyclic amines) is 1. The van der Waals surface area contributed by atoms with E-state index in [4.69, 9.17) is 15.6 Å². The van der Waals surface area contributed by atoms with Gasteiger partial charge in [0.15, 0.2) is 5.96 Å². The third kappa shape index (κ3) is 2.93. The van der Waals surface area contributed by atoms with Gasteiger partial charge in [-0.2, -0.15) is 0 Å². The molecule has 2 fully saturated rings.